The number of para-hydroxylation sites is 1. The number of H-pyrrole nitrogens is 1. The lowest BCUT2D eigenvalue weighted by Gasteiger charge is -2.44. The zero-order valence-corrected chi connectivity index (χ0v) is 19.2. The smallest absolute Gasteiger partial charge is 0.296 e. The van der Waals surface area contributed by atoms with Gasteiger partial charge in [0.15, 0.2) is 0 Å². The Labute approximate surface area is 193 Å². The first-order valence-electron chi connectivity index (χ1n) is 11.2. The molecule has 1 fully saturated rings. The van der Waals surface area contributed by atoms with Crippen LogP contribution in [0.1, 0.15) is 53.8 Å². The maximum Gasteiger partial charge on any atom is 0.296 e. The Morgan fingerprint density at radius 1 is 1.06 bits per heavy atom. The Hall–Kier alpha value is -3.68. The Kier molecular flexibility index (Phi) is 6.44. The van der Waals surface area contributed by atoms with Crippen molar-refractivity contribution in [3.8, 4) is 5.75 Å². The molecular weight excluding hydrogens is 418 g/mol. The van der Waals surface area contributed by atoms with Crippen LogP contribution in [-0.2, 0) is 4.79 Å². The van der Waals surface area contributed by atoms with Crippen molar-refractivity contribution in [1.82, 2.24) is 15.2 Å². The van der Waals surface area contributed by atoms with Crippen LogP contribution in [0, 0.1) is 13.8 Å². The summed E-state index contributed by atoms with van der Waals surface area (Å²) in [5, 5.41) is 9.67. The molecule has 1 heterocycles. The summed E-state index contributed by atoms with van der Waals surface area (Å²) in [6, 6.07) is 13.1. The summed E-state index contributed by atoms with van der Waals surface area (Å²) >= 11 is 0. The van der Waals surface area contributed by atoms with Crippen molar-refractivity contribution in [2.75, 3.05) is 17.3 Å². The van der Waals surface area contributed by atoms with E-state index in [1.54, 1.807) is 18.1 Å². The molecule has 2 N–H and O–H groups in total. The first-order chi connectivity index (χ1) is 16.0. The number of anilines is 2. The molecule has 1 aliphatic carbocycles. The third-order valence-corrected chi connectivity index (χ3v) is 6.38. The highest BCUT2D eigenvalue weighted by Gasteiger charge is 2.49. The van der Waals surface area contributed by atoms with Crippen LogP contribution in [0.5, 0.6) is 5.75 Å². The number of nitrogens with zero attached hydrogens (tertiary/aromatic N) is 3. The van der Waals surface area contributed by atoms with E-state index in [4.69, 9.17) is 4.74 Å². The van der Waals surface area contributed by atoms with Crippen LogP contribution in [0.25, 0.3) is 0 Å². The number of carbonyl (C=O) groups excluding carboxylic acids is 2. The van der Waals surface area contributed by atoms with E-state index in [9.17, 15) is 9.59 Å². The van der Waals surface area contributed by atoms with Crippen LogP contribution in [0.4, 0.5) is 11.4 Å². The van der Waals surface area contributed by atoms with Gasteiger partial charge in [-0.15, -0.1) is 0 Å². The summed E-state index contributed by atoms with van der Waals surface area (Å²) in [7, 11) is 1.58. The van der Waals surface area contributed by atoms with Gasteiger partial charge >= 0.3 is 0 Å². The number of nitrogens with one attached hydrogen (secondary N) is 2. The standard InChI is InChI=1S/C25H29N5O3/c1-17-9-7-10-18(2)21(17)28-24(32)25(13-5-4-6-14-25)30(23(31)22-26-16-27-29-22)19-11-8-12-20(15-19)33-3/h7-12,15-16H,4-6,13-14H2,1-3H3,(H,28,32)(H,26,27,29). The van der Waals surface area contributed by atoms with Crippen molar-refractivity contribution in [2.45, 2.75) is 51.5 Å². The molecule has 8 nitrogen and oxygen atoms in total. The van der Waals surface area contributed by atoms with Gasteiger partial charge < -0.3 is 10.1 Å². The summed E-state index contributed by atoms with van der Waals surface area (Å²) in [5.41, 5.74) is 2.23. The first-order valence-corrected chi connectivity index (χ1v) is 11.2. The molecule has 172 valence electrons. The number of methoxy groups -OCH3 is 1. The molecule has 0 saturated heterocycles. The Balaban J connectivity index is 1.84. The highest BCUT2D eigenvalue weighted by Crippen LogP contribution is 2.40. The molecule has 0 atom stereocenters. The number of benzene rings is 2. The summed E-state index contributed by atoms with van der Waals surface area (Å²) < 4.78 is 5.41. The Morgan fingerprint density at radius 3 is 2.39 bits per heavy atom. The maximum atomic E-state index is 14.1. The molecule has 1 saturated carbocycles. The van der Waals surface area contributed by atoms with Crippen LogP contribution in [0.15, 0.2) is 48.8 Å². The lowest BCUT2D eigenvalue weighted by atomic mass is 9.78. The van der Waals surface area contributed by atoms with Crippen molar-refractivity contribution in [3.05, 3.63) is 65.7 Å². The monoisotopic (exact) mass is 447 g/mol. The number of amides is 2. The lowest BCUT2D eigenvalue weighted by molar-refractivity contribution is -0.122. The molecule has 33 heavy (non-hydrogen) atoms. The Morgan fingerprint density at radius 2 is 1.76 bits per heavy atom. The van der Waals surface area contributed by atoms with Crippen molar-refractivity contribution < 1.29 is 14.3 Å². The third kappa shape index (κ3) is 4.33. The number of hydrogen-bond donors (Lipinski definition) is 2. The third-order valence-electron chi connectivity index (χ3n) is 6.38. The lowest BCUT2D eigenvalue weighted by Crippen LogP contribution is -2.60. The average molecular weight is 448 g/mol. The number of aromatic nitrogens is 3. The molecule has 1 aromatic heterocycles. The molecule has 2 amide bonds. The van der Waals surface area contributed by atoms with Gasteiger partial charge in [-0.3, -0.25) is 19.6 Å². The van der Waals surface area contributed by atoms with Crippen molar-refractivity contribution in [1.29, 1.82) is 0 Å². The molecule has 8 heteroatoms. The Bertz CT molecular complexity index is 1120. The van der Waals surface area contributed by atoms with Gasteiger partial charge in [-0.2, -0.15) is 5.10 Å². The molecule has 0 aliphatic heterocycles. The van der Waals surface area contributed by atoms with Crippen LogP contribution < -0.4 is 15.0 Å². The normalized spacial score (nSPS) is 15.0. The minimum absolute atomic E-state index is 0.0858. The molecule has 0 radical (unpaired) electrons. The van der Waals surface area contributed by atoms with E-state index in [0.717, 1.165) is 36.1 Å². The van der Waals surface area contributed by atoms with E-state index in [1.807, 2.05) is 50.2 Å². The number of aryl methyl sites for hydroxylation is 2. The van der Waals surface area contributed by atoms with Gasteiger partial charge in [-0.1, -0.05) is 43.5 Å². The molecule has 3 aromatic rings. The van der Waals surface area contributed by atoms with Gasteiger partial charge in [0.1, 0.15) is 17.6 Å². The SMILES string of the molecule is COc1cccc(N(C(=O)c2ncn[nH]2)C2(C(=O)Nc3c(C)cccc3C)CCCCC2)c1. The second kappa shape index (κ2) is 9.44. The minimum atomic E-state index is -1.08. The molecule has 4 rings (SSSR count). The van der Waals surface area contributed by atoms with Crippen LogP contribution >= 0.6 is 0 Å². The largest absolute Gasteiger partial charge is 0.497 e. The van der Waals surface area contributed by atoms with Crippen LogP contribution in [0.3, 0.4) is 0 Å². The highest BCUT2D eigenvalue weighted by molar-refractivity contribution is 6.12. The fourth-order valence-corrected chi connectivity index (χ4v) is 4.65. The van der Waals surface area contributed by atoms with E-state index in [1.165, 1.54) is 6.33 Å². The predicted molar refractivity (Wildman–Crippen MR) is 127 cm³/mol. The second-order valence-electron chi connectivity index (χ2n) is 8.49. The highest BCUT2D eigenvalue weighted by atomic mass is 16.5. The summed E-state index contributed by atoms with van der Waals surface area (Å²) in [6.45, 7) is 3.94. The van der Waals surface area contributed by atoms with E-state index < -0.39 is 11.4 Å². The summed E-state index contributed by atoms with van der Waals surface area (Å²) in [4.78, 5) is 33.5. The number of ether oxygens (including phenoxy) is 1. The fourth-order valence-electron chi connectivity index (χ4n) is 4.65. The maximum absolute atomic E-state index is 14.1. The average Bonchev–Trinajstić information content (AvgIpc) is 3.37. The number of rotatable bonds is 6. The van der Waals surface area contributed by atoms with Gasteiger partial charge in [-0.05, 0) is 49.9 Å². The van der Waals surface area contributed by atoms with Crippen LogP contribution in [-0.4, -0.2) is 39.6 Å². The molecule has 2 aromatic carbocycles. The quantitative estimate of drug-likeness (QED) is 0.583. The number of hydrogen-bond acceptors (Lipinski definition) is 5. The fraction of sp³-hybridized carbons (Fsp3) is 0.360. The van der Waals surface area contributed by atoms with E-state index in [2.05, 4.69) is 20.5 Å². The first kappa shape index (κ1) is 22.5. The van der Waals surface area contributed by atoms with Gasteiger partial charge in [0.05, 0.1) is 7.11 Å². The number of aromatic amines is 1. The van der Waals surface area contributed by atoms with Crippen molar-refractivity contribution in [2.24, 2.45) is 0 Å². The predicted octanol–water partition coefficient (Wildman–Crippen LogP) is 4.42. The van der Waals surface area contributed by atoms with Crippen molar-refractivity contribution in [3.63, 3.8) is 0 Å². The van der Waals surface area contributed by atoms with E-state index in [-0.39, 0.29) is 11.7 Å². The van der Waals surface area contributed by atoms with E-state index in [0.29, 0.717) is 24.3 Å². The van der Waals surface area contributed by atoms with Gasteiger partial charge in [0.25, 0.3) is 11.8 Å². The van der Waals surface area contributed by atoms with Crippen LogP contribution in [0.2, 0.25) is 0 Å². The minimum Gasteiger partial charge on any atom is -0.497 e. The topological polar surface area (TPSA) is 100 Å². The van der Waals surface area contributed by atoms with Gasteiger partial charge in [0, 0.05) is 17.4 Å². The van der Waals surface area contributed by atoms with E-state index >= 15 is 0 Å². The van der Waals surface area contributed by atoms with Gasteiger partial charge in [-0.25, -0.2) is 4.98 Å². The molecule has 0 unspecified atom stereocenters. The zero-order chi connectivity index (χ0) is 23.4. The molecule has 1 aliphatic rings. The molecule has 0 spiro atoms. The van der Waals surface area contributed by atoms with Crippen molar-refractivity contribution >= 4 is 23.2 Å². The number of carbonyl (C=O) groups is 2. The second-order valence-corrected chi connectivity index (χ2v) is 8.49. The summed E-state index contributed by atoms with van der Waals surface area (Å²) in [5.74, 6) is 0.0845. The summed E-state index contributed by atoms with van der Waals surface area (Å²) in [6.07, 6.45) is 5.07. The molecule has 0 bridgehead atoms. The van der Waals surface area contributed by atoms with Gasteiger partial charge in [0.2, 0.25) is 5.82 Å². The zero-order valence-electron chi connectivity index (χ0n) is 19.2. The molecular formula is C25H29N5O3.